The molecular formula is C12H21N3O4. The molecule has 0 atom stereocenters. The van der Waals surface area contributed by atoms with Crippen LogP contribution in [0.3, 0.4) is 0 Å². The Kier molecular flexibility index (Phi) is 5.46. The van der Waals surface area contributed by atoms with Gasteiger partial charge < -0.3 is 20.6 Å². The maximum Gasteiger partial charge on any atom is 0.222 e. The molecule has 0 aromatic carbocycles. The standard InChI is InChI=1S/C12H21N3O4/c1-9-5-10(2)15(14-9)4-3-11(19)13-12(6-16,7-17)8-18/h5,16-18H,3-4,6-8H2,1-2H3,(H,13,19). The van der Waals surface area contributed by atoms with Gasteiger partial charge in [0.25, 0.3) is 0 Å². The van der Waals surface area contributed by atoms with E-state index in [0.29, 0.717) is 6.54 Å². The van der Waals surface area contributed by atoms with Crippen LogP contribution in [0.2, 0.25) is 0 Å². The van der Waals surface area contributed by atoms with Crippen molar-refractivity contribution in [2.75, 3.05) is 19.8 Å². The molecule has 0 radical (unpaired) electrons. The Morgan fingerprint density at radius 1 is 1.32 bits per heavy atom. The van der Waals surface area contributed by atoms with Crippen LogP contribution in [0.1, 0.15) is 17.8 Å². The monoisotopic (exact) mass is 271 g/mol. The average Bonchev–Trinajstić information content (AvgIpc) is 2.72. The Balaban J connectivity index is 2.54. The van der Waals surface area contributed by atoms with Crippen LogP contribution in [0.15, 0.2) is 6.07 Å². The van der Waals surface area contributed by atoms with Crippen LogP contribution in [0.5, 0.6) is 0 Å². The molecule has 19 heavy (non-hydrogen) atoms. The molecule has 7 heteroatoms. The number of carbonyl (C=O) groups excluding carboxylic acids is 1. The highest BCUT2D eigenvalue weighted by Gasteiger charge is 2.29. The minimum absolute atomic E-state index is 0.156. The Hall–Kier alpha value is -1.44. The van der Waals surface area contributed by atoms with Gasteiger partial charge in [-0.2, -0.15) is 5.10 Å². The van der Waals surface area contributed by atoms with Gasteiger partial charge in [-0.3, -0.25) is 9.48 Å². The summed E-state index contributed by atoms with van der Waals surface area (Å²) in [6.45, 7) is 2.61. The van der Waals surface area contributed by atoms with E-state index < -0.39 is 25.4 Å². The van der Waals surface area contributed by atoms with E-state index in [4.69, 9.17) is 15.3 Å². The van der Waals surface area contributed by atoms with Gasteiger partial charge in [0.1, 0.15) is 5.54 Å². The first kappa shape index (κ1) is 15.6. The molecule has 108 valence electrons. The van der Waals surface area contributed by atoms with Crippen LogP contribution in [0.4, 0.5) is 0 Å². The van der Waals surface area contributed by atoms with Gasteiger partial charge in [-0.1, -0.05) is 0 Å². The fraction of sp³-hybridized carbons (Fsp3) is 0.667. The lowest BCUT2D eigenvalue weighted by Gasteiger charge is -2.28. The van der Waals surface area contributed by atoms with Gasteiger partial charge >= 0.3 is 0 Å². The highest BCUT2D eigenvalue weighted by Crippen LogP contribution is 2.05. The number of aryl methyl sites for hydroxylation is 3. The summed E-state index contributed by atoms with van der Waals surface area (Å²) in [5.74, 6) is -0.357. The minimum atomic E-state index is -1.37. The van der Waals surface area contributed by atoms with E-state index in [1.807, 2.05) is 19.9 Å². The zero-order valence-corrected chi connectivity index (χ0v) is 11.3. The van der Waals surface area contributed by atoms with Crippen molar-refractivity contribution in [1.82, 2.24) is 15.1 Å². The predicted molar refractivity (Wildman–Crippen MR) is 68.4 cm³/mol. The van der Waals surface area contributed by atoms with Gasteiger partial charge in [0.05, 0.1) is 25.5 Å². The average molecular weight is 271 g/mol. The zero-order chi connectivity index (χ0) is 14.5. The molecule has 0 aliphatic heterocycles. The van der Waals surface area contributed by atoms with Crippen LogP contribution in [0, 0.1) is 13.8 Å². The molecule has 0 fully saturated rings. The molecule has 1 aromatic rings. The van der Waals surface area contributed by atoms with Gasteiger partial charge in [-0.15, -0.1) is 0 Å². The van der Waals surface area contributed by atoms with Crippen molar-refractivity contribution in [3.8, 4) is 0 Å². The third-order valence-corrected chi connectivity index (χ3v) is 2.97. The third-order valence-electron chi connectivity index (χ3n) is 2.97. The van der Waals surface area contributed by atoms with Crippen molar-refractivity contribution in [1.29, 1.82) is 0 Å². The van der Waals surface area contributed by atoms with Gasteiger partial charge in [0.15, 0.2) is 0 Å². The highest BCUT2D eigenvalue weighted by atomic mass is 16.3. The van der Waals surface area contributed by atoms with Gasteiger partial charge in [0.2, 0.25) is 5.91 Å². The van der Waals surface area contributed by atoms with E-state index in [1.54, 1.807) is 4.68 Å². The Bertz CT molecular complexity index is 418. The summed E-state index contributed by atoms with van der Waals surface area (Å²) < 4.78 is 1.72. The number of hydrogen-bond acceptors (Lipinski definition) is 5. The molecule has 0 unspecified atom stereocenters. The van der Waals surface area contributed by atoms with Gasteiger partial charge in [-0.05, 0) is 19.9 Å². The number of nitrogens with one attached hydrogen (secondary N) is 1. The summed E-state index contributed by atoms with van der Waals surface area (Å²) in [5.41, 5.74) is 0.475. The number of nitrogens with zero attached hydrogens (tertiary/aromatic N) is 2. The fourth-order valence-corrected chi connectivity index (χ4v) is 1.74. The maximum atomic E-state index is 11.7. The van der Waals surface area contributed by atoms with Crippen LogP contribution < -0.4 is 5.32 Å². The summed E-state index contributed by atoms with van der Waals surface area (Å²) in [6, 6.07) is 1.91. The summed E-state index contributed by atoms with van der Waals surface area (Å²) in [7, 11) is 0. The molecule has 0 aliphatic rings. The number of aliphatic hydroxyl groups is 3. The number of carbonyl (C=O) groups is 1. The number of aliphatic hydroxyl groups excluding tert-OH is 3. The quantitative estimate of drug-likeness (QED) is 0.494. The van der Waals surface area contributed by atoms with E-state index in [-0.39, 0.29) is 12.3 Å². The molecule has 7 nitrogen and oxygen atoms in total. The summed E-state index contributed by atoms with van der Waals surface area (Å²) in [6.07, 6.45) is 0.156. The van der Waals surface area contributed by atoms with E-state index in [1.165, 1.54) is 0 Å². The Morgan fingerprint density at radius 2 is 1.89 bits per heavy atom. The van der Waals surface area contributed by atoms with Crippen molar-refractivity contribution in [3.05, 3.63) is 17.5 Å². The minimum Gasteiger partial charge on any atom is -0.394 e. The van der Waals surface area contributed by atoms with E-state index >= 15 is 0 Å². The van der Waals surface area contributed by atoms with Crippen molar-refractivity contribution in [2.45, 2.75) is 32.4 Å². The van der Waals surface area contributed by atoms with E-state index in [2.05, 4.69) is 10.4 Å². The third kappa shape index (κ3) is 4.02. The van der Waals surface area contributed by atoms with Crippen molar-refractivity contribution in [3.63, 3.8) is 0 Å². The second kappa shape index (κ2) is 6.65. The normalized spacial score (nSPS) is 11.6. The summed E-state index contributed by atoms with van der Waals surface area (Å²) >= 11 is 0. The van der Waals surface area contributed by atoms with Crippen LogP contribution >= 0.6 is 0 Å². The van der Waals surface area contributed by atoms with Crippen molar-refractivity contribution >= 4 is 5.91 Å². The first-order chi connectivity index (χ1) is 8.96. The van der Waals surface area contributed by atoms with Gasteiger partial charge in [0, 0.05) is 18.7 Å². The van der Waals surface area contributed by atoms with Crippen LogP contribution in [-0.4, -0.2) is 56.4 Å². The second-order valence-corrected chi connectivity index (χ2v) is 4.70. The number of aromatic nitrogens is 2. The SMILES string of the molecule is Cc1cc(C)n(CCC(=O)NC(CO)(CO)CO)n1. The summed E-state index contributed by atoms with van der Waals surface area (Å²) in [4.78, 5) is 11.7. The Morgan fingerprint density at radius 3 is 2.32 bits per heavy atom. The Labute approximate surface area is 111 Å². The number of hydrogen-bond donors (Lipinski definition) is 4. The molecule has 1 rings (SSSR count). The molecular weight excluding hydrogens is 250 g/mol. The largest absolute Gasteiger partial charge is 0.394 e. The lowest BCUT2D eigenvalue weighted by molar-refractivity contribution is -0.125. The summed E-state index contributed by atoms with van der Waals surface area (Å²) in [5, 5.41) is 34.0. The molecule has 0 saturated carbocycles. The van der Waals surface area contributed by atoms with Crippen molar-refractivity contribution in [2.24, 2.45) is 0 Å². The molecule has 0 bridgehead atoms. The smallest absolute Gasteiger partial charge is 0.222 e. The second-order valence-electron chi connectivity index (χ2n) is 4.70. The number of rotatable bonds is 7. The topological polar surface area (TPSA) is 108 Å². The molecule has 1 amide bonds. The highest BCUT2D eigenvalue weighted by molar-refractivity contribution is 5.76. The molecule has 0 spiro atoms. The van der Waals surface area contributed by atoms with E-state index in [0.717, 1.165) is 11.4 Å². The molecule has 4 N–H and O–H groups in total. The number of amides is 1. The molecule has 0 aliphatic carbocycles. The molecule has 0 saturated heterocycles. The van der Waals surface area contributed by atoms with E-state index in [9.17, 15) is 4.79 Å². The molecule has 1 heterocycles. The maximum absolute atomic E-state index is 11.7. The predicted octanol–water partition coefficient (Wildman–Crippen LogP) is -1.28. The fourth-order valence-electron chi connectivity index (χ4n) is 1.74. The first-order valence-corrected chi connectivity index (χ1v) is 6.11. The van der Waals surface area contributed by atoms with Gasteiger partial charge in [-0.25, -0.2) is 0 Å². The molecule has 1 aromatic heterocycles. The lowest BCUT2D eigenvalue weighted by Crippen LogP contribution is -2.57. The first-order valence-electron chi connectivity index (χ1n) is 6.11. The zero-order valence-electron chi connectivity index (χ0n) is 11.3. The van der Waals surface area contributed by atoms with Crippen molar-refractivity contribution < 1.29 is 20.1 Å². The van der Waals surface area contributed by atoms with Crippen LogP contribution in [0.25, 0.3) is 0 Å². The van der Waals surface area contributed by atoms with Crippen LogP contribution in [-0.2, 0) is 11.3 Å². The lowest BCUT2D eigenvalue weighted by atomic mass is 10.0.